The first-order valence-electron chi connectivity index (χ1n) is 8.54. The standard InChI is InChI=1S/C18H21ClN6/c1-12-20-18(24(2)23-12)25-9-7-13(8-10-25)16-11-17(22-21-16)14-5-3-4-6-15(14)19/h3-6,11,13H,7-10H2,1-2H3,(H,21,22). The van der Waals surface area contributed by atoms with Crippen LogP contribution in [-0.4, -0.2) is 38.1 Å². The van der Waals surface area contributed by atoms with E-state index in [-0.39, 0.29) is 0 Å². The first-order valence-corrected chi connectivity index (χ1v) is 8.92. The maximum absolute atomic E-state index is 6.28. The van der Waals surface area contributed by atoms with Gasteiger partial charge in [0.05, 0.1) is 10.7 Å². The van der Waals surface area contributed by atoms with Gasteiger partial charge in [0, 0.05) is 37.3 Å². The third kappa shape index (κ3) is 3.14. The minimum absolute atomic E-state index is 0.481. The van der Waals surface area contributed by atoms with Gasteiger partial charge in [0.1, 0.15) is 5.82 Å². The summed E-state index contributed by atoms with van der Waals surface area (Å²) in [7, 11) is 1.95. The topological polar surface area (TPSA) is 62.6 Å². The fourth-order valence-electron chi connectivity index (χ4n) is 3.52. The maximum atomic E-state index is 6.28. The number of piperidine rings is 1. The Hall–Kier alpha value is -2.34. The molecule has 130 valence electrons. The van der Waals surface area contributed by atoms with Crippen LogP contribution < -0.4 is 4.90 Å². The summed E-state index contributed by atoms with van der Waals surface area (Å²) < 4.78 is 1.86. The van der Waals surface area contributed by atoms with Crippen LogP contribution in [0.5, 0.6) is 0 Å². The van der Waals surface area contributed by atoms with E-state index < -0.39 is 0 Å². The number of hydrogen-bond donors (Lipinski definition) is 1. The van der Waals surface area contributed by atoms with Crippen molar-refractivity contribution in [1.82, 2.24) is 25.0 Å². The second-order valence-electron chi connectivity index (χ2n) is 6.53. The molecule has 0 atom stereocenters. The van der Waals surface area contributed by atoms with Crippen LogP contribution in [0.15, 0.2) is 30.3 Å². The second-order valence-corrected chi connectivity index (χ2v) is 6.94. The molecule has 1 aromatic carbocycles. The van der Waals surface area contributed by atoms with Crippen LogP contribution in [0.25, 0.3) is 11.3 Å². The number of nitrogens with one attached hydrogen (secondary N) is 1. The Morgan fingerprint density at radius 1 is 1.20 bits per heavy atom. The molecule has 0 radical (unpaired) electrons. The van der Waals surface area contributed by atoms with Gasteiger partial charge in [0.25, 0.3) is 0 Å². The third-order valence-electron chi connectivity index (χ3n) is 4.81. The van der Waals surface area contributed by atoms with Crippen molar-refractivity contribution >= 4 is 17.5 Å². The fraction of sp³-hybridized carbons (Fsp3) is 0.389. The van der Waals surface area contributed by atoms with Crippen molar-refractivity contribution in [1.29, 1.82) is 0 Å². The van der Waals surface area contributed by atoms with E-state index in [4.69, 9.17) is 11.6 Å². The van der Waals surface area contributed by atoms with Crippen LogP contribution in [-0.2, 0) is 7.05 Å². The second kappa shape index (κ2) is 6.52. The van der Waals surface area contributed by atoms with Crippen LogP contribution in [0, 0.1) is 6.92 Å². The lowest BCUT2D eigenvalue weighted by Gasteiger charge is -2.31. The van der Waals surface area contributed by atoms with Crippen molar-refractivity contribution in [3.05, 3.63) is 46.9 Å². The lowest BCUT2D eigenvalue weighted by Crippen LogP contribution is -2.34. The van der Waals surface area contributed by atoms with Crippen molar-refractivity contribution in [2.45, 2.75) is 25.7 Å². The van der Waals surface area contributed by atoms with Crippen molar-refractivity contribution < 1.29 is 0 Å². The summed E-state index contributed by atoms with van der Waals surface area (Å²) in [5.41, 5.74) is 3.06. The highest BCUT2D eigenvalue weighted by Crippen LogP contribution is 2.32. The highest BCUT2D eigenvalue weighted by Gasteiger charge is 2.25. The van der Waals surface area contributed by atoms with Gasteiger partial charge in [-0.15, -0.1) is 0 Å². The first kappa shape index (κ1) is 16.1. The molecule has 6 nitrogen and oxygen atoms in total. The zero-order valence-corrected chi connectivity index (χ0v) is 15.2. The maximum Gasteiger partial charge on any atom is 0.223 e. The number of benzene rings is 1. The van der Waals surface area contributed by atoms with Crippen molar-refractivity contribution in [3.8, 4) is 11.3 Å². The third-order valence-corrected chi connectivity index (χ3v) is 5.14. The Labute approximate surface area is 151 Å². The molecule has 3 heterocycles. The van der Waals surface area contributed by atoms with Crippen LogP contribution in [0.3, 0.4) is 0 Å². The van der Waals surface area contributed by atoms with Crippen LogP contribution in [0.2, 0.25) is 5.02 Å². The summed E-state index contributed by atoms with van der Waals surface area (Å²) in [6.07, 6.45) is 2.13. The Kier molecular flexibility index (Phi) is 4.21. The number of anilines is 1. The van der Waals surface area contributed by atoms with E-state index in [0.717, 1.165) is 54.0 Å². The Balaban J connectivity index is 1.47. The Bertz CT molecular complexity index is 875. The number of rotatable bonds is 3. The van der Waals surface area contributed by atoms with E-state index in [1.54, 1.807) is 0 Å². The average Bonchev–Trinajstić information content (AvgIpc) is 3.22. The molecule has 1 N–H and O–H groups in total. The van der Waals surface area contributed by atoms with Gasteiger partial charge in [0.2, 0.25) is 5.95 Å². The van der Waals surface area contributed by atoms with Crippen molar-refractivity contribution in [2.24, 2.45) is 7.05 Å². The SMILES string of the molecule is Cc1nc(N2CCC(c3cc(-c4ccccc4Cl)n[nH]3)CC2)n(C)n1. The highest BCUT2D eigenvalue weighted by molar-refractivity contribution is 6.33. The van der Waals surface area contributed by atoms with E-state index in [2.05, 4.69) is 31.2 Å². The van der Waals surface area contributed by atoms with Gasteiger partial charge < -0.3 is 4.90 Å². The van der Waals surface area contributed by atoms with Gasteiger partial charge >= 0.3 is 0 Å². The summed E-state index contributed by atoms with van der Waals surface area (Å²) in [4.78, 5) is 6.84. The van der Waals surface area contributed by atoms with E-state index in [1.165, 1.54) is 5.69 Å². The number of aromatic nitrogens is 5. The van der Waals surface area contributed by atoms with Gasteiger partial charge in [-0.25, -0.2) is 4.68 Å². The molecule has 2 aromatic heterocycles. The predicted octanol–water partition coefficient (Wildman–Crippen LogP) is 3.55. The molecule has 0 amide bonds. The van der Waals surface area contributed by atoms with Gasteiger partial charge in [-0.2, -0.15) is 15.2 Å². The zero-order chi connectivity index (χ0) is 17.4. The van der Waals surface area contributed by atoms with Gasteiger partial charge in [-0.05, 0) is 31.9 Å². The Morgan fingerprint density at radius 3 is 2.64 bits per heavy atom. The van der Waals surface area contributed by atoms with Crippen LogP contribution in [0.4, 0.5) is 5.95 Å². The lowest BCUT2D eigenvalue weighted by atomic mass is 9.93. The lowest BCUT2D eigenvalue weighted by molar-refractivity contribution is 0.485. The smallest absolute Gasteiger partial charge is 0.223 e. The minimum atomic E-state index is 0.481. The summed E-state index contributed by atoms with van der Waals surface area (Å²) >= 11 is 6.28. The number of aromatic amines is 1. The van der Waals surface area contributed by atoms with Crippen molar-refractivity contribution in [3.63, 3.8) is 0 Å². The molecule has 0 bridgehead atoms. The Morgan fingerprint density at radius 2 is 1.96 bits per heavy atom. The van der Waals surface area contributed by atoms with Crippen LogP contribution in [0.1, 0.15) is 30.3 Å². The van der Waals surface area contributed by atoms with E-state index in [9.17, 15) is 0 Å². The number of halogens is 1. The molecule has 1 fully saturated rings. The predicted molar refractivity (Wildman–Crippen MR) is 99.0 cm³/mol. The molecule has 1 aliphatic rings. The number of aryl methyl sites for hydroxylation is 2. The first-order chi connectivity index (χ1) is 12.1. The summed E-state index contributed by atoms with van der Waals surface area (Å²) in [5.74, 6) is 2.25. The van der Waals surface area contributed by atoms with Gasteiger partial charge in [-0.3, -0.25) is 5.10 Å². The van der Waals surface area contributed by atoms with E-state index >= 15 is 0 Å². The zero-order valence-electron chi connectivity index (χ0n) is 14.4. The number of H-pyrrole nitrogens is 1. The van der Waals surface area contributed by atoms with Crippen molar-refractivity contribution in [2.75, 3.05) is 18.0 Å². The highest BCUT2D eigenvalue weighted by atomic mass is 35.5. The quantitative estimate of drug-likeness (QED) is 0.779. The van der Waals surface area contributed by atoms with Crippen LogP contribution >= 0.6 is 11.6 Å². The fourth-order valence-corrected chi connectivity index (χ4v) is 3.75. The monoisotopic (exact) mass is 356 g/mol. The normalized spacial score (nSPS) is 15.7. The molecular weight excluding hydrogens is 336 g/mol. The molecule has 4 rings (SSSR count). The molecule has 0 saturated carbocycles. The largest absolute Gasteiger partial charge is 0.341 e. The molecule has 0 spiro atoms. The van der Waals surface area contributed by atoms with E-state index in [1.807, 2.05) is 42.9 Å². The number of hydrogen-bond acceptors (Lipinski definition) is 4. The molecule has 0 aliphatic carbocycles. The molecule has 3 aromatic rings. The van der Waals surface area contributed by atoms with Gasteiger partial charge in [0.15, 0.2) is 0 Å². The molecule has 1 aliphatic heterocycles. The molecular formula is C18H21ClN6. The molecule has 1 saturated heterocycles. The van der Waals surface area contributed by atoms with E-state index in [0.29, 0.717) is 5.92 Å². The summed E-state index contributed by atoms with van der Waals surface area (Å²) in [6, 6.07) is 9.95. The molecule has 7 heteroatoms. The van der Waals surface area contributed by atoms with Gasteiger partial charge in [-0.1, -0.05) is 29.8 Å². The summed E-state index contributed by atoms with van der Waals surface area (Å²) in [5, 5.41) is 12.8. The molecule has 25 heavy (non-hydrogen) atoms. The number of nitrogens with zero attached hydrogens (tertiary/aromatic N) is 5. The summed E-state index contributed by atoms with van der Waals surface area (Å²) in [6.45, 7) is 3.87. The average molecular weight is 357 g/mol. The minimum Gasteiger partial charge on any atom is -0.341 e. The molecule has 0 unspecified atom stereocenters.